The van der Waals surface area contributed by atoms with E-state index >= 15 is 0 Å². The van der Waals surface area contributed by atoms with Gasteiger partial charge in [-0.3, -0.25) is 0 Å². The molecule has 0 aliphatic heterocycles. The number of aryl methyl sites for hydroxylation is 2. The first-order valence-electron chi connectivity index (χ1n) is 7.35. The van der Waals surface area contributed by atoms with Crippen LogP contribution in [0.15, 0.2) is 30.3 Å². The molecule has 0 aliphatic rings. The number of ether oxygens (including phenoxy) is 1. The zero-order valence-corrected chi connectivity index (χ0v) is 13.2. The highest BCUT2D eigenvalue weighted by molar-refractivity contribution is 5.85. The molecule has 2 aromatic heterocycles. The minimum absolute atomic E-state index is 0.0296. The monoisotopic (exact) mass is 317 g/mol. The maximum atomic E-state index is 13.5. The van der Waals surface area contributed by atoms with Gasteiger partial charge in [-0.2, -0.15) is 5.10 Å². The fraction of sp³-hybridized carbons (Fsp3) is 0.294. The molecular formula is C17H17F2N3O. The molecule has 23 heavy (non-hydrogen) atoms. The van der Waals surface area contributed by atoms with Crippen LogP contribution in [0.5, 0.6) is 5.75 Å². The molecule has 6 heteroatoms. The van der Waals surface area contributed by atoms with Crippen molar-refractivity contribution >= 4 is 11.0 Å². The van der Waals surface area contributed by atoms with E-state index in [1.807, 2.05) is 19.1 Å². The van der Waals surface area contributed by atoms with Gasteiger partial charge in [0, 0.05) is 17.7 Å². The Morgan fingerprint density at radius 1 is 1.22 bits per heavy atom. The number of aromatic nitrogens is 3. The first kappa shape index (κ1) is 15.4. The van der Waals surface area contributed by atoms with Gasteiger partial charge < -0.3 is 4.74 Å². The van der Waals surface area contributed by atoms with Crippen LogP contribution in [0.4, 0.5) is 8.78 Å². The van der Waals surface area contributed by atoms with Gasteiger partial charge in [-0.1, -0.05) is 0 Å². The molecule has 0 saturated carbocycles. The Bertz CT molecular complexity index is 841. The highest BCUT2D eigenvalue weighted by Gasteiger charge is 2.20. The Labute approximate surface area is 132 Å². The van der Waals surface area contributed by atoms with Crippen LogP contribution in [-0.4, -0.2) is 21.9 Å². The van der Waals surface area contributed by atoms with Gasteiger partial charge in [0.25, 0.3) is 6.43 Å². The third-order valence-corrected chi connectivity index (χ3v) is 3.83. The molecular weight excluding hydrogens is 300 g/mol. The second-order valence-electron chi connectivity index (χ2n) is 5.23. The molecule has 3 aromatic rings. The zero-order valence-electron chi connectivity index (χ0n) is 13.2. The van der Waals surface area contributed by atoms with Crippen LogP contribution >= 0.6 is 0 Å². The Morgan fingerprint density at radius 2 is 1.91 bits per heavy atom. The summed E-state index contributed by atoms with van der Waals surface area (Å²) in [5.74, 6) is 0.707. The van der Waals surface area contributed by atoms with Gasteiger partial charge in [-0.25, -0.2) is 18.4 Å². The summed E-state index contributed by atoms with van der Waals surface area (Å²) in [5, 5.41) is 4.76. The van der Waals surface area contributed by atoms with Crippen LogP contribution in [0.1, 0.15) is 24.6 Å². The van der Waals surface area contributed by atoms with Crippen molar-refractivity contribution in [3.8, 4) is 17.0 Å². The molecule has 3 rings (SSSR count). The molecule has 2 heterocycles. The van der Waals surface area contributed by atoms with Crippen molar-refractivity contribution < 1.29 is 13.5 Å². The summed E-state index contributed by atoms with van der Waals surface area (Å²) < 4.78 is 33.8. The number of fused-ring (bicyclic) bond motifs is 1. The Hall–Kier alpha value is -2.50. The second kappa shape index (κ2) is 5.95. The van der Waals surface area contributed by atoms with Crippen LogP contribution < -0.4 is 4.74 Å². The third-order valence-electron chi connectivity index (χ3n) is 3.83. The first-order valence-corrected chi connectivity index (χ1v) is 7.35. The molecule has 0 saturated heterocycles. The molecule has 0 amide bonds. The van der Waals surface area contributed by atoms with Gasteiger partial charge in [0.1, 0.15) is 5.75 Å². The fourth-order valence-corrected chi connectivity index (χ4v) is 2.69. The van der Waals surface area contributed by atoms with Crippen LogP contribution in [0, 0.1) is 6.92 Å². The number of benzene rings is 1. The topological polar surface area (TPSA) is 39.9 Å². The van der Waals surface area contributed by atoms with E-state index in [0.29, 0.717) is 34.7 Å². The quantitative estimate of drug-likeness (QED) is 0.717. The molecule has 0 aliphatic carbocycles. The number of methoxy groups -OCH3 is 1. The van der Waals surface area contributed by atoms with Crippen molar-refractivity contribution in [1.29, 1.82) is 0 Å². The largest absolute Gasteiger partial charge is 0.497 e. The molecule has 0 radical (unpaired) electrons. The lowest BCUT2D eigenvalue weighted by atomic mass is 10.1. The molecule has 0 fully saturated rings. The first-order chi connectivity index (χ1) is 11.0. The second-order valence-corrected chi connectivity index (χ2v) is 5.23. The van der Waals surface area contributed by atoms with Crippen LogP contribution in [0.3, 0.4) is 0 Å². The number of hydrogen-bond acceptors (Lipinski definition) is 3. The molecule has 4 nitrogen and oxygen atoms in total. The summed E-state index contributed by atoms with van der Waals surface area (Å²) in [6.07, 6.45) is -2.58. The van der Waals surface area contributed by atoms with Gasteiger partial charge in [0.05, 0.1) is 23.9 Å². The third kappa shape index (κ3) is 2.65. The molecule has 0 N–H and O–H groups in total. The van der Waals surface area contributed by atoms with Gasteiger partial charge >= 0.3 is 0 Å². The lowest BCUT2D eigenvalue weighted by Crippen LogP contribution is -1.99. The summed E-state index contributed by atoms with van der Waals surface area (Å²) >= 11 is 0. The van der Waals surface area contributed by atoms with E-state index in [1.165, 1.54) is 6.07 Å². The van der Waals surface area contributed by atoms with Crippen molar-refractivity contribution in [2.24, 2.45) is 0 Å². The molecule has 0 bridgehead atoms. The Morgan fingerprint density at radius 3 is 2.48 bits per heavy atom. The molecule has 120 valence electrons. The van der Waals surface area contributed by atoms with Gasteiger partial charge in [0.15, 0.2) is 5.65 Å². The van der Waals surface area contributed by atoms with Crippen molar-refractivity contribution in [3.05, 3.63) is 41.6 Å². The number of hydrogen-bond donors (Lipinski definition) is 0. The molecule has 0 spiro atoms. The molecule has 0 unspecified atom stereocenters. The number of rotatable bonds is 4. The van der Waals surface area contributed by atoms with Gasteiger partial charge in [0.2, 0.25) is 0 Å². The van der Waals surface area contributed by atoms with E-state index in [-0.39, 0.29) is 5.56 Å². The van der Waals surface area contributed by atoms with Gasteiger partial charge in [-0.05, 0) is 44.2 Å². The average Bonchev–Trinajstić information content (AvgIpc) is 2.90. The number of nitrogens with zero attached hydrogens (tertiary/aromatic N) is 3. The highest BCUT2D eigenvalue weighted by atomic mass is 19.3. The summed E-state index contributed by atoms with van der Waals surface area (Å²) in [5.41, 5.74) is 2.30. The van der Waals surface area contributed by atoms with Crippen molar-refractivity contribution in [2.75, 3.05) is 7.11 Å². The highest BCUT2D eigenvalue weighted by Crippen LogP contribution is 2.33. The number of halogens is 2. The van der Waals surface area contributed by atoms with E-state index in [9.17, 15) is 8.78 Å². The van der Waals surface area contributed by atoms with E-state index in [0.717, 1.165) is 5.56 Å². The lowest BCUT2D eigenvalue weighted by molar-refractivity contribution is 0.153. The average molecular weight is 317 g/mol. The predicted octanol–water partition coefficient (Wildman–Crippen LogP) is 4.37. The zero-order chi connectivity index (χ0) is 16.6. The van der Waals surface area contributed by atoms with E-state index in [2.05, 4.69) is 10.1 Å². The van der Waals surface area contributed by atoms with Crippen molar-refractivity contribution in [3.63, 3.8) is 0 Å². The number of alkyl halides is 2. The van der Waals surface area contributed by atoms with E-state index in [4.69, 9.17) is 4.74 Å². The predicted molar refractivity (Wildman–Crippen MR) is 84.9 cm³/mol. The minimum atomic E-state index is -2.58. The Kier molecular flexibility index (Phi) is 3.98. The molecule has 1 aromatic carbocycles. The maximum Gasteiger partial charge on any atom is 0.264 e. The Balaban J connectivity index is 2.24. The normalized spacial score (nSPS) is 11.4. The van der Waals surface area contributed by atoms with Gasteiger partial charge in [-0.15, -0.1) is 0 Å². The summed E-state index contributed by atoms with van der Waals surface area (Å²) in [4.78, 5) is 4.56. The van der Waals surface area contributed by atoms with Crippen LogP contribution in [0.25, 0.3) is 22.3 Å². The van der Waals surface area contributed by atoms with Crippen molar-refractivity contribution in [1.82, 2.24) is 14.8 Å². The van der Waals surface area contributed by atoms with Crippen LogP contribution in [-0.2, 0) is 6.54 Å². The van der Waals surface area contributed by atoms with Crippen LogP contribution in [0.2, 0.25) is 0 Å². The lowest BCUT2D eigenvalue weighted by Gasteiger charge is -2.08. The molecule has 0 atom stereocenters. The smallest absolute Gasteiger partial charge is 0.264 e. The maximum absolute atomic E-state index is 13.5. The summed E-state index contributed by atoms with van der Waals surface area (Å²) in [6.45, 7) is 4.22. The van der Waals surface area contributed by atoms with E-state index in [1.54, 1.807) is 30.8 Å². The summed E-state index contributed by atoms with van der Waals surface area (Å²) in [6, 6.07) is 8.63. The summed E-state index contributed by atoms with van der Waals surface area (Å²) in [7, 11) is 1.58. The van der Waals surface area contributed by atoms with Crippen molar-refractivity contribution in [2.45, 2.75) is 26.8 Å². The SMILES string of the molecule is CCn1nc(C)c2c(C(F)F)cc(-c3ccc(OC)cc3)nc21. The number of pyridine rings is 1. The standard InChI is InChI=1S/C17H17F2N3O/c1-4-22-17-15(10(2)21-22)13(16(18)19)9-14(20-17)11-5-7-12(23-3)8-6-11/h5-9,16H,4H2,1-3H3. The minimum Gasteiger partial charge on any atom is -0.497 e. The van der Waals surface area contributed by atoms with E-state index < -0.39 is 6.43 Å². The fourth-order valence-electron chi connectivity index (χ4n) is 2.69.